The van der Waals surface area contributed by atoms with Crippen LogP contribution >= 0.6 is 0 Å². The molecular weight excluding hydrogens is 302 g/mol. The summed E-state index contributed by atoms with van der Waals surface area (Å²) in [5, 5.41) is 5.28. The van der Waals surface area contributed by atoms with Crippen molar-refractivity contribution in [3.8, 4) is 0 Å². The van der Waals surface area contributed by atoms with E-state index < -0.39 is 0 Å². The standard InChI is InChI=1S/C17H21N7/c1-4-23(18-3)12-13(2)15-11-21-17-16(20-8-9-24(15)17)22-14-6-5-7-19-10-14/h5-12,18H,4H2,1-3H3,(H,20,22)/b13-12+. The van der Waals surface area contributed by atoms with Crippen LogP contribution in [0.5, 0.6) is 0 Å². The fraction of sp³-hybridized carbons (Fsp3) is 0.235. The molecule has 7 heteroatoms. The van der Waals surface area contributed by atoms with Crippen molar-refractivity contribution in [2.24, 2.45) is 0 Å². The van der Waals surface area contributed by atoms with E-state index in [1.807, 2.05) is 41.0 Å². The minimum absolute atomic E-state index is 0.700. The first-order valence-electron chi connectivity index (χ1n) is 7.85. The van der Waals surface area contributed by atoms with Crippen LogP contribution in [0.2, 0.25) is 0 Å². The average molecular weight is 323 g/mol. The number of rotatable bonds is 6. The molecule has 0 fully saturated rings. The number of nitrogens with zero attached hydrogens (tertiary/aromatic N) is 5. The first-order valence-corrected chi connectivity index (χ1v) is 7.85. The van der Waals surface area contributed by atoms with Gasteiger partial charge < -0.3 is 10.3 Å². The minimum Gasteiger partial charge on any atom is -0.336 e. The Hall–Kier alpha value is -2.93. The van der Waals surface area contributed by atoms with E-state index in [0.29, 0.717) is 5.82 Å². The van der Waals surface area contributed by atoms with Gasteiger partial charge in [0.05, 0.1) is 23.8 Å². The summed E-state index contributed by atoms with van der Waals surface area (Å²) < 4.78 is 2.03. The number of hydrogen-bond acceptors (Lipinski definition) is 6. The van der Waals surface area contributed by atoms with Crippen LogP contribution < -0.4 is 10.7 Å². The second-order valence-corrected chi connectivity index (χ2v) is 5.30. The van der Waals surface area contributed by atoms with Gasteiger partial charge in [0.15, 0.2) is 11.5 Å². The van der Waals surface area contributed by atoms with Crippen LogP contribution in [-0.4, -0.2) is 38.0 Å². The lowest BCUT2D eigenvalue weighted by Crippen LogP contribution is -2.29. The number of aromatic nitrogens is 4. The third-order valence-electron chi connectivity index (χ3n) is 3.73. The molecule has 0 saturated carbocycles. The number of allylic oxidation sites excluding steroid dienone is 1. The highest BCUT2D eigenvalue weighted by Gasteiger charge is 2.10. The van der Waals surface area contributed by atoms with Gasteiger partial charge in [-0.2, -0.15) is 0 Å². The number of fused-ring (bicyclic) bond motifs is 1. The van der Waals surface area contributed by atoms with E-state index in [0.717, 1.165) is 29.1 Å². The third kappa shape index (κ3) is 3.21. The predicted octanol–water partition coefficient (Wildman–Crippen LogP) is 2.68. The number of imidazole rings is 1. The smallest absolute Gasteiger partial charge is 0.180 e. The SMILES string of the molecule is CCN(/C=C(\C)c1cnc2c(Nc3cccnc3)nccn12)NC. The zero-order valence-corrected chi connectivity index (χ0v) is 14.1. The predicted molar refractivity (Wildman–Crippen MR) is 95.6 cm³/mol. The Kier molecular flexibility index (Phi) is 4.72. The maximum absolute atomic E-state index is 4.53. The molecule has 3 aromatic heterocycles. The second-order valence-electron chi connectivity index (χ2n) is 5.30. The molecule has 0 radical (unpaired) electrons. The summed E-state index contributed by atoms with van der Waals surface area (Å²) in [6.45, 7) is 5.03. The van der Waals surface area contributed by atoms with Crippen LogP contribution in [0.25, 0.3) is 11.2 Å². The van der Waals surface area contributed by atoms with Gasteiger partial charge in [0.25, 0.3) is 0 Å². The van der Waals surface area contributed by atoms with E-state index in [1.165, 1.54) is 0 Å². The van der Waals surface area contributed by atoms with Crippen LogP contribution in [0.4, 0.5) is 11.5 Å². The molecule has 0 unspecified atom stereocenters. The Morgan fingerprint density at radius 1 is 1.29 bits per heavy atom. The van der Waals surface area contributed by atoms with Crippen LogP contribution in [0.15, 0.2) is 49.3 Å². The molecule has 0 atom stereocenters. The topological polar surface area (TPSA) is 70.4 Å². The van der Waals surface area contributed by atoms with Gasteiger partial charge in [0.2, 0.25) is 0 Å². The van der Waals surface area contributed by atoms with Crippen molar-refractivity contribution in [3.63, 3.8) is 0 Å². The normalized spacial score (nSPS) is 11.7. The molecule has 124 valence electrons. The highest BCUT2D eigenvalue weighted by Crippen LogP contribution is 2.22. The zero-order chi connectivity index (χ0) is 16.9. The minimum atomic E-state index is 0.700. The van der Waals surface area contributed by atoms with E-state index in [9.17, 15) is 0 Å². The van der Waals surface area contributed by atoms with Gasteiger partial charge in [-0.3, -0.25) is 9.38 Å². The monoisotopic (exact) mass is 323 g/mol. The molecule has 24 heavy (non-hydrogen) atoms. The molecule has 0 spiro atoms. The summed E-state index contributed by atoms with van der Waals surface area (Å²) in [6, 6.07) is 3.82. The van der Waals surface area contributed by atoms with Gasteiger partial charge >= 0.3 is 0 Å². The van der Waals surface area contributed by atoms with Crippen LogP contribution in [0, 0.1) is 0 Å². The molecule has 3 aromatic rings. The van der Waals surface area contributed by atoms with Crippen molar-refractivity contribution >= 4 is 22.7 Å². The van der Waals surface area contributed by atoms with Crippen LogP contribution in [0.3, 0.4) is 0 Å². The first-order chi connectivity index (χ1) is 11.7. The van der Waals surface area contributed by atoms with Crippen molar-refractivity contribution in [1.29, 1.82) is 0 Å². The number of anilines is 2. The van der Waals surface area contributed by atoms with Gasteiger partial charge in [-0.1, -0.05) is 0 Å². The van der Waals surface area contributed by atoms with Crippen molar-refractivity contribution in [2.75, 3.05) is 18.9 Å². The lowest BCUT2D eigenvalue weighted by atomic mass is 10.2. The quantitative estimate of drug-likeness (QED) is 0.680. The molecule has 7 nitrogen and oxygen atoms in total. The van der Waals surface area contributed by atoms with Gasteiger partial charge in [0, 0.05) is 38.4 Å². The summed E-state index contributed by atoms with van der Waals surface area (Å²) in [6.07, 6.45) is 11.1. The van der Waals surface area contributed by atoms with Gasteiger partial charge in [0.1, 0.15) is 0 Å². The maximum atomic E-state index is 4.53. The van der Waals surface area contributed by atoms with Crippen molar-refractivity contribution in [2.45, 2.75) is 13.8 Å². The summed E-state index contributed by atoms with van der Waals surface area (Å²) in [5.74, 6) is 0.700. The number of hydrogen-bond donors (Lipinski definition) is 2. The van der Waals surface area contributed by atoms with Crippen molar-refractivity contribution < 1.29 is 0 Å². The van der Waals surface area contributed by atoms with E-state index in [1.54, 1.807) is 18.6 Å². The number of pyridine rings is 1. The molecule has 0 saturated heterocycles. The van der Waals surface area contributed by atoms with E-state index in [2.05, 4.69) is 45.7 Å². The molecule has 0 bridgehead atoms. The lowest BCUT2D eigenvalue weighted by Gasteiger charge is -2.17. The van der Waals surface area contributed by atoms with Gasteiger partial charge in [-0.15, -0.1) is 0 Å². The zero-order valence-electron chi connectivity index (χ0n) is 14.1. The molecule has 3 rings (SSSR count). The van der Waals surface area contributed by atoms with E-state index >= 15 is 0 Å². The lowest BCUT2D eigenvalue weighted by molar-refractivity contribution is 0.316. The molecule has 0 aliphatic heterocycles. The summed E-state index contributed by atoms with van der Waals surface area (Å²) in [7, 11) is 1.90. The molecular formula is C17H21N7. The highest BCUT2D eigenvalue weighted by molar-refractivity contribution is 5.73. The van der Waals surface area contributed by atoms with Crippen LogP contribution in [-0.2, 0) is 0 Å². The first kappa shape index (κ1) is 15.9. The van der Waals surface area contributed by atoms with E-state index in [4.69, 9.17) is 0 Å². The number of hydrazine groups is 1. The van der Waals surface area contributed by atoms with Crippen molar-refractivity contribution in [3.05, 3.63) is 55.0 Å². The second kappa shape index (κ2) is 7.10. The van der Waals surface area contributed by atoms with E-state index in [-0.39, 0.29) is 0 Å². The molecule has 0 aliphatic rings. The molecule has 0 amide bonds. The molecule has 0 aromatic carbocycles. The van der Waals surface area contributed by atoms with Gasteiger partial charge in [-0.05, 0) is 31.6 Å². The molecule has 3 heterocycles. The Balaban J connectivity index is 1.97. The third-order valence-corrected chi connectivity index (χ3v) is 3.73. The fourth-order valence-electron chi connectivity index (χ4n) is 2.49. The Labute approximate surface area is 141 Å². The Morgan fingerprint density at radius 3 is 2.88 bits per heavy atom. The Morgan fingerprint density at radius 2 is 2.17 bits per heavy atom. The largest absolute Gasteiger partial charge is 0.336 e. The molecule has 2 N–H and O–H groups in total. The maximum Gasteiger partial charge on any atom is 0.180 e. The summed E-state index contributed by atoms with van der Waals surface area (Å²) in [4.78, 5) is 13.0. The van der Waals surface area contributed by atoms with Crippen molar-refractivity contribution in [1.82, 2.24) is 29.8 Å². The summed E-state index contributed by atoms with van der Waals surface area (Å²) in [5.41, 5.74) is 6.92. The summed E-state index contributed by atoms with van der Waals surface area (Å²) >= 11 is 0. The Bertz CT molecular complexity index is 835. The molecule has 0 aliphatic carbocycles. The number of nitrogens with one attached hydrogen (secondary N) is 2. The van der Waals surface area contributed by atoms with Crippen LogP contribution in [0.1, 0.15) is 19.5 Å². The highest BCUT2D eigenvalue weighted by atomic mass is 15.5. The van der Waals surface area contributed by atoms with Gasteiger partial charge in [-0.25, -0.2) is 15.4 Å². The average Bonchev–Trinajstić information content (AvgIpc) is 3.05. The fourth-order valence-corrected chi connectivity index (χ4v) is 2.49.